The second-order valence-electron chi connectivity index (χ2n) is 3.61. The molecule has 0 radical (unpaired) electrons. The smallest absolute Gasteiger partial charge is 0.0999 e. The summed E-state index contributed by atoms with van der Waals surface area (Å²) in [4.78, 5) is 4.18. The normalized spacial score (nSPS) is 12.4. The summed E-state index contributed by atoms with van der Waals surface area (Å²) in [6.45, 7) is 0. The van der Waals surface area contributed by atoms with Crippen molar-refractivity contribution in [2.75, 3.05) is 0 Å². The summed E-state index contributed by atoms with van der Waals surface area (Å²) in [7, 11) is 0. The quantitative estimate of drug-likeness (QED) is 0.935. The first kappa shape index (κ1) is 11.3. The van der Waals surface area contributed by atoms with Crippen LogP contribution >= 0.6 is 15.9 Å². The summed E-state index contributed by atoms with van der Waals surface area (Å²) in [5.74, 6) is 0. The zero-order valence-corrected chi connectivity index (χ0v) is 10.3. The van der Waals surface area contributed by atoms with E-state index in [9.17, 15) is 5.11 Å². The Morgan fingerprint density at radius 1 is 1.12 bits per heavy atom. The van der Waals surface area contributed by atoms with Gasteiger partial charge >= 0.3 is 0 Å². The monoisotopic (exact) mass is 277 g/mol. The molecule has 1 aromatic heterocycles. The minimum atomic E-state index is -0.546. The van der Waals surface area contributed by atoms with Crippen molar-refractivity contribution in [3.05, 3.63) is 64.4 Å². The predicted molar refractivity (Wildman–Crippen MR) is 67.0 cm³/mol. The predicted octanol–water partition coefficient (Wildman–Crippen LogP) is 3.12. The number of aliphatic hydroxyl groups excluding tert-OH is 1. The van der Waals surface area contributed by atoms with E-state index in [4.69, 9.17) is 0 Å². The van der Waals surface area contributed by atoms with Crippen LogP contribution in [0.5, 0.6) is 0 Å². The van der Waals surface area contributed by atoms with Gasteiger partial charge in [-0.05, 0) is 33.6 Å². The maximum atomic E-state index is 9.99. The fraction of sp³-hybridized carbons (Fsp3) is 0.154. The van der Waals surface area contributed by atoms with Gasteiger partial charge in [-0.1, -0.05) is 30.3 Å². The maximum Gasteiger partial charge on any atom is 0.0999 e. The van der Waals surface area contributed by atoms with E-state index in [1.54, 1.807) is 6.20 Å². The number of halogens is 1. The van der Waals surface area contributed by atoms with Crippen LogP contribution in [-0.4, -0.2) is 10.1 Å². The van der Waals surface area contributed by atoms with E-state index < -0.39 is 6.10 Å². The van der Waals surface area contributed by atoms with Gasteiger partial charge in [-0.2, -0.15) is 0 Å². The Morgan fingerprint density at radius 3 is 2.50 bits per heavy atom. The van der Waals surface area contributed by atoms with E-state index in [1.165, 1.54) is 0 Å². The van der Waals surface area contributed by atoms with Crippen molar-refractivity contribution >= 4 is 15.9 Å². The van der Waals surface area contributed by atoms with Gasteiger partial charge in [0.15, 0.2) is 0 Å². The summed E-state index contributed by atoms with van der Waals surface area (Å²) in [6, 6.07) is 13.6. The van der Waals surface area contributed by atoms with Crippen molar-refractivity contribution in [2.45, 2.75) is 12.5 Å². The van der Waals surface area contributed by atoms with Gasteiger partial charge in [-0.3, -0.25) is 4.98 Å². The lowest BCUT2D eigenvalue weighted by Gasteiger charge is -2.09. The highest BCUT2D eigenvalue weighted by atomic mass is 79.9. The summed E-state index contributed by atoms with van der Waals surface area (Å²) >= 11 is 3.32. The van der Waals surface area contributed by atoms with Crippen molar-refractivity contribution in [1.29, 1.82) is 0 Å². The fourth-order valence-electron chi connectivity index (χ4n) is 1.53. The number of hydrogen-bond acceptors (Lipinski definition) is 2. The van der Waals surface area contributed by atoms with Crippen molar-refractivity contribution in [1.82, 2.24) is 4.98 Å². The van der Waals surface area contributed by atoms with E-state index in [2.05, 4.69) is 20.9 Å². The lowest BCUT2D eigenvalue weighted by Crippen LogP contribution is -2.03. The third-order valence-electron chi connectivity index (χ3n) is 2.36. The van der Waals surface area contributed by atoms with Crippen LogP contribution in [0.3, 0.4) is 0 Å². The lowest BCUT2D eigenvalue weighted by atomic mass is 10.1. The zero-order valence-electron chi connectivity index (χ0n) is 8.68. The van der Waals surface area contributed by atoms with Crippen LogP contribution in [0.25, 0.3) is 0 Å². The number of aromatic nitrogens is 1. The number of nitrogens with zero attached hydrogens (tertiary/aromatic N) is 1. The van der Waals surface area contributed by atoms with Crippen LogP contribution in [0, 0.1) is 0 Å². The molecule has 1 N–H and O–H groups in total. The number of rotatable bonds is 3. The highest BCUT2D eigenvalue weighted by Crippen LogP contribution is 2.17. The van der Waals surface area contributed by atoms with E-state index in [1.807, 2.05) is 42.5 Å². The Morgan fingerprint density at radius 2 is 1.88 bits per heavy atom. The molecule has 1 unspecified atom stereocenters. The third-order valence-corrected chi connectivity index (χ3v) is 2.83. The molecule has 0 aliphatic heterocycles. The number of pyridine rings is 1. The Labute approximate surface area is 103 Å². The van der Waals surface area contributed by atoms with Crippen molar-refractivity contribution in [3.8, 4) is 0 Å². The molecular weight excluding hydrogens is 266 g/mol. The van der Waals surface area contributed by atoms with Gasteiger partial charge in [0.25, 0.3) is 0 Å². The molecule has 0 saturated carbocycles. The molecule has 2 rings (SSSR count). The zero-order chi connectivity index (χ0) is 11.4. The molecular formula is C13H12BrNO. The van der Waals surface area contributed by atoms with Gasteiger partial charge in [0.1, 0.15) is 0 Å². The van der Waals surface area contributed by atoms with Gasteiger partial charge in [-0.25, -0.2) is 0 Å². The van der Waals surface area contributed by atoms with Crippen LogP contribution in [0.2, 0.25) is 0 Å². The molecule has 0 aliphatic rings. The molecule has 1 atom stereocenters. The van der Waals surface area contributed by atoms with Crippen molar-refractivity contribution < 1.29 is 5.11 Å². The van der Waals surface area contributed by atoms with Gasteiger partial charge in [0.05, 0.1) is 11.8 Å². The standard InChI is InChI=1S/C13H12BrNO/c14-11-6-7-12(15-9-11)13(16)8-10-4-2-1-3-5-10/h1-7,9,13,16H,8H2. The molecule has 3 heteroatoms. The van der Waals surface area contributed by atoms with Crippen LogP contribution in [0.15, 0.2) is 53.1 Å². The average Bonchev–Trinajstić information content (AvgIpc) is 2.31. The summed E-state index contributed by atoms with van der Waals surface area (Å²) < 4.78 is 0.920. The first-order valence-corrected chi connectivity index (χ1v) is 5.88. The van der Waals surface area contributed by atoms with Gasteiger partial charge in [0, 0.05) is 17.1 Å². The number of aliphatic hydroxyl groups is 1. The maximum absolute atomic E-state index is 9.99. The lowest BCUT2D eigenvalue weighted by molar-refractivity contribution is 0.173. The molecule has 0 fully saturated rings. The van der Waals surface area contributed by atoms with Gasteiger partial charge < -0.3 is 5.11 Å². The van der Waals surface area contributed by atoms with E-state index in [0.717, 1.165) is 10.0 Å². The molecule has 0 amide bonds. The van der Waals surface area contributed by atoms with E-state index >= 15 is 0 Å². The molecule has 82 valence electrons. The molecule has 1 aromatic carbocycles. The fourth-order valence-corrected chi connectivity index (χ4v) is 1.76. The molecule has 0 saturated heterocycles. The van der Waals surface area contributed by atoms with E-state index in [-0.39, 0.29) is 0 Å². The molecule has 0 spiro atoms. The van der Waals surface area contributed by atoms with Crippen molar-refractivity contribution in [3.63, 3.8) is 0 Å². The summed E-state index contributed by atoms with van der Waals surface area (Å²) in [5, 5.41) is 9.99. The summed E-state index contributed by atoms with van der Waals surface area (Å²) in [5.41, 5.74) is 1.81. The molecule has 0 bridgehead atoms. The van der Waals surface area contributed by atoms with Gasteiger partial charge in [0.2, 0.25) is 0 Å². The van der Waals surface area contributed by atoms with Gasteiger partial charge in [-0.15, -0.1) is 0 Å². The average molecular weight is 278 g/mol. The largest absolute Gasteiger partial charge is 0.386 e. The summed E-state index contributed by atoms with van der Waals surface area (Å²) in [6.07, 6.45) is 1.74. The first-order valence-electron chi connectivity index (χ1n) is 5.09. The van der Waals surface area contributed by atoms with Crippen LogP contribution in [-0.2, 0) is 6.42 Å². The second kappa shape index (κ2) is 5.23. The van der Waals surface area contributed by atoms with E-state index in [0.29, 0.717) is 12.1 Å². The second-order valence-corrected chi connectivity index (χ2v) is 4.52. The minimum absolute atomic E-state index is 0.546. The molecule has 2 nitrogen and oxygen atoms in total. The Balaban J connectivity index is 2.09. The Hall–Kier alpha value is -1.19. The molecule has 0 aliphatic carbocycles. The highest BCUT2D eigenvalue weighted by molar-refractivity contribution is 9.10. The van der Waals surface area contributed by atoms with Crippen LogP contribution in [0.1, 0.15) is 17.4 Å². The topological polar surface area (TPSA) is 33.1 Å². The van der Waals surface area contributed by atoms with Crippen LogP contribution < -0.4 is 0 Å². The SMILES string of the molecule is OC(Cc1ccccc1)c1ccc(Br)cn1. The molecule has 2 aromatic rings. The number of hydrogen-bond donors (Lipinski definition) is 1. The van der Waals surface area contributed by atoms with Crippen molar-refractivity contribution in [2.24, 2.45) is 0 Å². The van der Waals surface area contributed by atoms with Crippen LogP contribution in [0.4, 0.5) is 0 Å². The Bertz CT molecular complexity index is 441. The molecule has 1 heterocycles. The first-order chi connectivity index (χ1) is 7.75. The third kappa shape index (κ3) is 2.90. The highest BCUT2D eigenvalue weighted by Gasteiger charge is 2.09. The molecule has 16 heavy (non-hydrogen) atoms. The minimum Gasteiger partial charge on any atom is -0.386 e. The Kier molecular flexibility index (Phi) is 3.70. The number of benzene rings is 1.